The summed E-state index contributed by atoms with van der Waals surface area (Å²) in [7, 11) is 0. The summed E-state index contributed by atoms with van der Waals surface area (Å²) in [4.78, 5) is 30.4. The maximum absolute atomic E-state index is 12.9. The zero-order valence-corrected chi connectivity index (χ0v) is 19.2. The number of thiophene rings is 1. The average molecular weight is 444 g/mol. The number of aromatic nitrogens is 2. The van der Waals surface area contributed by atoms with Crippen molar-refractivity contribution in [2.75, 3.05) is 50.4 Å². The van der Waals surface area contributed by atoms with Crippen molar-refractivity contribution in [1.82, 2.24) is 19.8 Å². The lowest BCUT2D eigenvalue weighted by Gasteiger charge is -2.43. The lowest BCUT2D eigenvalue weighted by Crippen LogP contribution is -2.52. The molecule has 0 bridgehead atoms. The fraction of sp³-hybridized carbons (Fsp3) is 0.591. The van der Waals surface area contributed by atoms with Crippen molar-refractivity contribution in [2.24, 2.45) is 0 Å². The highest BCUT2D eigenvalue weighted by atomic mass is 32.2. The predicted octanol–water partition coefficient (Wildman–Crippen LogP) is 3.18. The van der Waals surface area contributed by atoms with Crippen LogP contribution in [-0.4, -0.2) is 77.2 Å². The van der Waals surface area contributed by atoms with Gasteiger partial charge in [0.05, 0.1) is 14.8 Å². The fourth-order valence-electron chi connectivity index (χ4n) is 4.56. The average Bonchev–Trinajstić information content (AvgIpc) is 3.12. The number of anilines is 1. The predicted molar refractivity (Wildman–Crippen MR) is 123 cm³/mol. The Morgan fingerprint density at radius 1 is 1.10 bits per heavy atom. The molecule has 3 aliphatic rings. The molecular weight excluding hydrogens is 414 g/mol. The Labute approximate surface area is 186 Å². The molecule has 0 N–H and O–H groups in total. The van der Waals surface area contributed by atoms with E-state index in [2.05, 4.69) is 9.80 Å². The number of hydrogen-bond acceptors (Lipinski definition) is 7. The molecule has 2 aromatic rings. The normalized spacial score (nSPS) is 20.6. The van der Waals surface area contributed by atoms with Crippen LogP contribution in [0.15, 0.2) is 22.5 Å². The van der Waals surface area contributed by atoms with Gasteiger partial charge in [-0.1, -0.05) is 6.42 Å². The quantitative estimate of drug-likeness (QED) is 0.677. The second-order valence-electron chi connectivity index (χ2n) is 8.36. The number of carbonyl (C=O) groups excluding carboxylic acids is 1. The van der Waals surface area contributed by atoms with Crippen molar-refractivity contribution in [3.05, 3.63) is 34.5 Å². The minimum atomic E-state index is 0.147. The van der Waals surface area contributed by atoms with Gasteiger partial charge in [0.1, 0.15) is 0 Å². The third-order valence-electron chi connectivity index (χ3n) is 6.68. The Morgan fingerprint density at radius 3 is 2.60 bits per heavy atom. The molecule has 1 saturated carbocycles. The molecule has 5 rings (SSSR count). The molecule has 1 amide bonds. The number of hydrogen-bond donors (Lipinski definition) is 0. The third-order valence-corrected chi connectivity index (χ3v) is 8.84. The van der Waals surface area contributed by atoms with Crippen LogP contribution in [0.25, 0.3) is 0 Å². The minimum absolute atomic E-state index is 0.147. The highest BCUT2D eigenvalue weighted by Gasteiger charge is 2.29. The van der Waals surface area contributed by atoms with E-state index in [4.69, 9.17) is 9.97 Å². The molecule has 6 nitrogen and oxygen atoms in total. The highest BCUT2D eigenvalue weighted by Crippen LogP contribution is 2.28. The first-order valence-electron chi connectivity index (χ1n) is 11.0. The Bertz CT molecular complexity index is 905. The SMILES string of the molecule is CSc1ccc(C(=O)N2CCc3cnc(N4CCN(C5CCC5)CC4)nc3CC2)s1. The van der Waals surface area contributed by atoms with Crippen LogP contribution in [0.3, 0.4) is 0 Å². The van der Waals surface area contributed by atoms with Gasteiger partial charge >= 0.3 is 0 Å². The van der Waals surface area contributed by atoms with Gasteiger partial charge in [-0.2, -0.15) is 0 Å². The van der Waals surface area contributed by atoms with Crippen molar-refractivity contribution < 1.29 is 4.79 Å². The van der Waals surface area contributed by atoms with Crippen LogP contribution in [0.2, 0.25) is 0 Å². The maximum atomic E-state index is 12.9. The minimum Gasteiger partial charge on any atom is -0.338 e. The van der Waals surface area contributed by atoms with E-state index in [9.17, 15) is 4.79 Å². The molecule has 30 heavy (non-hydrogen) atoms. The molecule has 2 fully saturated rings. The summed E-state index contributed by atoms with van der Waals surface area (Å²) in [5.74, 6) is 1.01. The van der Waals surface area contributed by atoms with Crippen LogP contribution in [0, 0.1) is 0 Å². The summed E-state index contributed by atoms with van der Waals surface area (Å²) >= 11 is 3.28. The first kappa shape index (κ1) is 20.3. The highest BCUT2D eigenvalue weighted by molar-refractivity contribution is 8.00. The molecule has 160 valence electrons. The van der Waals surface area contributed by atoms with E-state index in [1.165, 1.54) is 29.0 Å². The van der Waals surface area contributed by atoms with E-state index in [-0.39, 0.29) is 5.91 Å². The number of nitrogens with zero attached hydrogens (tertiary/aromatic N) is 5. The maximum Gasteiger partial charge on any atom is 0.263 e. The molecule has 4 heterocycles. The molecule has 0 spiro atoms. The number of carbonyl (C=O) groups is 1. The van der Waals surface area contributed by atoms with Gasteiger partial charge in [0.25, 0.3) is 5.91 Å². The molecule has 2 aliphatic heterocycles. The molecule has 1 aliphatic carbocycles. The summed E-state index contributed by atoms with van der Waals surface area (Å²) in [5.41, 5.74) is 2.31. The van der Waals surface area contributed by atoms with Crippen molar-refractivity contribution in [3.8, 4) is 0 Å². The molecular formula is C22H29N5OS2. The van der Waals surface area contributed by atoms with Crippen LogP contribution < -0.4 is 4.90 Å². The van der Waals surface area contributed by atoms with E-state index in [0.29, 0.717) is 0 Å². The van der Waals surface area contributed by atoms with E-state index in [0.717, 1.165) is 74.7 Å². The van der Waals surface area contributed by atoms with Crippen LogP contribution >= 0.6 is 23.1 Å². The Hall–Kier alpha value is -1.64. The van der Waals surface area contributed by atoms with Crippen molar-refractivity contribution in [1.29, 1.82) is 0 Å². The molecule has 1 saturated heterocycles. The Morgan fingerprint density at radius 2 is 1.90 bits per heavy atom. The molecule has 0 radical (unpaired) electrons. The molecule has 8 heteroatoms. The monoisotopic (exact) mass is 443 g/mol. The molecule has 0 unspecified atom stereocenters. The standard InChI is InChI=1S/C22H29N5OS2/c1-29-20-6-5-19(30-20)21(28)26-9-7-16-15-23-22(24-18(16)8-10-26)27-13-11-25(12-14-27)17-3-2-4-17/h5-6,15,17H,2-4,7-14H2,1H3. The van der Waals surface area contributed by atoms with E-state index < -0.39 is 0 Å². The number of amides is 1. The number of fused-ring (bicyclic) bond motifs is 1. The van der Waals surface area contributed by atoms with Gasteiger partial charge in [-0.15, -0.1) is 23.1 Å². The van der Waals surface area contributed by atoms with Crippen molar-refractivity contribution in [3.63, 3.8) is 0 Å². The summed E-state index contributed by atoms with van der Waals surface area (Å²) in [6.45, 7) is 5.72. The molecule has 0 aromatic carbocycles. The number of thioether (sulfide) groups is 1. The summed E-state index contributed by atoms with van der Waals surface area (Å²) < 4.78 is 1.18. The van der Waals surface area contributed by atoms with Crippen LogP contribution in [-0.2, 0) is 12.8 Å². The smallest absolute Gasteiger partial charge is 0.263 e. The van der Waals surface area contributed by atoms with Crippen LogP contribution in [0.1, 0.15) is 40.2 Å². The fourth-order valence-corrected chi connectivity index (χ4v) is 6.07. The lowest BCUT2D eigenvalue weighted by molar-refractivity contribution is 0.0768. The second kappa shape index (κ2) is 8.85. The van der Waals surface area contributed by atoms with Crippen LogP contribution in [0.4, 0.5) is 5.95 Å². The van der Waals surface area contributed by atoms with Crippen molar-refractivity contribution >= 4 is 35.0 Å². The Balaban J connectivity index is 1.23. The van der Waals surface area contributed by atoms with Crippen molar-refractivity contribution in [2.45, 2.75) is 42.4 Å². The first-order valence-corrected chi connectivity index (χ1v) is 13.0. The van der Waals surface area contributed by atoms with Gasteiger partial charge in [-0.05, 0) is 43.2 Å². The number of rotatable bonds is 4. The van der Waals surface area contributed by atoms with E-state index in [1.807, 2.05) is 29.5 Å². The van der Waals surface area contributed by atoms with Crippen LogP contribution in [0.5, 0.6) is 0 Å². The van der Waals surface area contributed by atoms with Gasteiger partial charge < -0.3 is 9.80 Å². The van der Waals surface area contributed by atoms with Gasteiger partial charge in [0, 0.05) is 57.9 Å². The van der Waals surface area contributed by atoms with E-state index in [1.54, 1.807) is 23.1 Å². The van der Waals surface area contributed by atoms with Gasteiger partial charge in [0.15, 0.2) is 0 Å². The summed E-state index contributed by atoms with van der Waals surface area (Å²) in [6, 6.07) is 4.81. The van der Waals surface area contributed by atoms with Gasteiger partial charge in [-0.25, -0.2) is 9.97 Å². The zero-order chi connectivity index (χ0) is 20.5. The Kier molecular flexibility index (Phi) is 5.98. The molecule has 0 atom stereocenters. The first-order chi connectivity index (χ1) is 14.7. The molecule has 2 aromatic heterocycles. The second-order valence-corrected chi connectivity index (χ2v) is 10.6. The summed E-state index contributed by atoms with van der Waals surface area (Å²) in [6.07, 6.45) is 9.82. The third kappa shape index (κ3) is 4.09. The zero-order valence-electron chi connectivity index (χ0n) is 17.5. The van der Waals surface area contributed by atoms with Gasteiger partial charge in [0.2, 0.25) is 5.95 Å². The number of piperazine rings is 1. The topological polar surface area (TPSA) is 52.6 Å². The summed E-state index contributed by atoms with van der Waals surface area (Å²) in [5, 5.41) is 0. The largest absolute Gasteiger partial charge is 0.338 e. The van der Waals surface area contributed by atoms with E-state index >= 15 is 0 Å². The lowest BCUT2D eigenvalue weighted by atomic mass is 9.91. The van der Waals surface area contributed by atoms with Gasteiger partial charge in [-0.3, -0.25) is 9.69 Å².